The molecule has 0 saturated carbocycles. The molecule has 4 nitrogen and oxygen atoms in total. The Labute approximate surface area is 299 Å². The SMILES string of the molecule is c1ccc(-c2ccc(-c3nc(-n4c5ccccc5c5cc6c(cc54)c4ccccc4n6-c4cccc5ccccc45)nc4ccccc34)cc2)cc1. The van der Waals surface area contributed by atoms with Crippen molar-refractivity contribution in [3.63, 3.8) is 0 Å². The summed E-state index contributed by atoms with van der Waals surface area (Å²) >= 11 is 0. The van der Waals surface area contributed by atoms with Crippen molar-refractivity contribution < 1.29 is 0 Å². The summed E-state index contributed by atoms with van der Waals surface area (Å²) in [4.78, 5) is 10.6. The molecule has 52 heavy (non-hydrogen) atoms. The Bertz CT molecular complexity index is 3160. The maximum Gasteiger partial charge on any atom is 0.235 e. The Hall–Kier alpha value is -7.04. The predicted molar refractivity (Wildman–Crippen MR) is 217 cm³/mol. The summed E-state index contributed by atoms with van der Waals surface area (Å²) in [6.07, 6.45) is 0. The zero-order valence-electron chi connectivity index (χ0n) is 28.1. The molecule has 4 heteroatoms. The molecule has 0 spiro atoms. The van der Waals surface area contributed by atoms with Crippen molar-refractivity contribution in [3.8, 4) is 34.0 Å². The number of hydrogen-bond donors (Lipinski definition) is 0. The molecule has 0 aliphatic heterocycles. The molecule has 0 fully saturated rings. The molecule has 242 valence electrons. The second-order valence-electron chi connectivity index (χ2n) is 13.4. The molecule has 3 heterocycles. The Kier molecular flexibility index (Phi) is 6.22. The third-order valence-corrected chi connectivity index (χ3v) is 10.5. The second kappa shape index (κ2) is 11.2. The Morgan fingerprint density at radius 2 is 0.865 bits per heavy atom. The Morgan fingerprint density at radius 1 is 0.327 bits per heavy atom. The van der Waals surface area contributed by atoms with Crippen LogP contribution >= 0.6 is 0 Å². The van der Waals surface area contributed by atoms with Crippen LogP contribution in [0.1, 0.15) is 0 Å². The number of para-hydroxylation sites is 3. The van der Waals surface area contributed by atoms with Crippen molar-refractivity contribution in [1.82, 2.24) is 19.1 Å². The van der Waals surface area contributed by atoms with Crippen LogP contribution in [0.2, 0.25) is 0 Å². The molecule has 8 aromatic carbocycles. The van der Waals surface area contributed by atoms with Gasteiger partial charge in [-0.25, -0.2) is 9.97 Å². The minimum Gasteiger partial charge on any atom is -0.309 e. The van der Waals surface area contributed by atoms with Crippen LogP contribution in [0.3, 0.4) is 0 Å². The average molecular weight is 663 g/mol. The molecule has 0 radical (unpaired) electrons. The zero-order chi connectivity index (χ0) is 34.2. The fourth-order valence-electron chi connectivity index (χ4n) is 8.14. The van der Waals surface area contributed by atoms with Gasteiger partial charge in [0.1, 0.15) is 0 Å². The number of hydrogen-bond acceptors (Lipinski definition) is 2. The molecule has 0 bridgehead atoms. The average Bonchev–Trinajstić information content (AvgIpc) is 3.71. The molecule has 0 atom stereocenters. The fourth-order valence-corrected chi connectivity index (χ4v) is 8.14. The Balaban J connectivity index is 1.19. The molecule has 11 rings (SSSR count). The highest BCUT2D eigenvalue weighted by Gasteiger charge is 2.21. The fraction of sp³-hybridized carbons (Fsp3) is 0. The van der Waals surface area contributed by atoms with E-state index in [0.29, 0.717) is 5.95 Å². The lowest BCUT2D eigenvalue weighted by atomic mass is 10.0. The van der Waals surface area contributed by atoms with E-state index in [4.69, 9.17) is 9.97 Å². The van der Waals surface area contributed by atoms with E-state index in [9.17, 15) is 0 Å². The molecule has 11 aromatic rings. The molecule has 0 unspecified atom stereocenters. The monoisotopic (exact) mass is 662 g/mol. The molecule has 0 aliphatic carbocycles. The third-order valence-electron chi connectivity index (χ3n) is 10.5. The number of rotatable bonds is 4. The molecule has 3 aromatic heterocycles. The van der Waals surface area contributed by atoms with Gasteiger partial charge in [-0.2, -0.15) is 0 Å². The summed E-state index contributed by atoms with van der Waals surface area (Å²) in [6.45, 7) is 0. The maximum atomic E-state index is 5.39. The summed E-state index contributed by atoms with van der Waals surface area (Å²) in [5.41, 5.74) is 10.9. The molecular formula is C48H30N4. The van der Waals surface area contributed by atoms with Gasteiger partial charge in [0.15, 0.2) is 0 Å². The zero-order valence-corrected chi connectivity index (χ0v) is 28.1. The van der Waals surface area contributed by atoms with Gasteiger partial charge < -0.3 is 4.57 Å². The van der Waals surface area contributed by atoms with Crippen molar-refractivity contribution in [2.24, 2.45) is 0 Å². The lowest BCUT2D eigenvalue weighted by molar-refractivity contribution is 1.01. The lowest BCUT2D eigenvalue weighted by Crippen LogP contribution is -2.03. The number of benzene rings is 8. The first-order chi connectivity index (χ1) is 25.8. The predicted octanol–water partition coefficient (Wildman–Crippen LogP) is 12.3. The van der Waals surface area contributed by atoms with E-state index in [1.807, 2.05) is 0 Å². The highest BCUT2D eigenvalue weighted by molar-refractivity contribution is 6.19. The molecular weight excluding hydrogens is 633 g/mol. The first-order valence-corrected chi connectivity index (χ1v) is 17.7. The van der Waals surface area contributed by atoms with Crippen molar-refractivity contribution in [3.05, 3.63) is 182 Å². The number of fused-ring (bicyclic) bond motifs is 8. The van der Waals surface area contributed by atoms with Crippen molar-refractivity contribution in [1.29, 1.82) is 0 Å². The van der Waals surface area contributed by atoms with Gasteiger partial charge in [0.2, 0.25) is 5.95 Å². The van der Waals surface area contributed by atoms with Crippen molar-refractivity contribution >= 4 is 65.3 Å². The number of aromatic nitrogens is 4. The van der Waals surface area contributed by atoms with E-state index >= 15 is 0 Å². The quantitative estimate of drug-likeness (QED) is 0.188. The van der Waals surface area contributed by atoms with E-state index in [2.05, 4.69) is 191 Å². The van der Waals surface area contributed by atoms with Crippen LogP contribution in [-0.2, 0) is 0 Å². The summed E-state index contributed by atoms with van der Waals surface area (Å²) in [7, 11) is 0. The van der Waals surface area contributed by atoms with Crippen LogP contribution in [0.15, 0.2) is 182 Å². The first kappa shape index (κ1) is 28.8. The summed E-state index contributed by atoms with van der Waals surface area (Å²) in [5, 5.41) is 8.21. The van der Waals surface area contributed by atoms with Gasteiger partial charge in [0, 0.05) is 37.9 Å². The molecule has 0 amide bonds. The lowest BCUT2D eigenvalue weighted by Gasteiger charge is -2.13. The van der Waals surface area contributed by atoms with Crippen LogP contribution in [-0.4, -0.2) is 19.1 Å². The van der Waals surface area contributed by atoms with Crippen LogP contribution in [0, 0.1) is 0 Å². The van der Waals surface area contributed by atoms with Gasteiger partial charge in [-0.1, -0.05) is 146 Å². The van der Waals surface area contributed by atoms with Gasteiger partial charge in [0.25, 0.3) is 0 Å². The minimum atomic E-state index is 0.657. The molecule has 0 saturated heterocycles. The van der Waals surface area contributed by atoms with E-state index in [0.717, 1.165) is 38.6 Å². The van der Waals surface area contributed by atoms with Gasteiger partial charge in [-0.15, -0.1) is 0 Å². The van der Waals surface area contributed by atoms with E-state index in [1.165, 1.54) is 54.8 Å². The normalized spacial score (nSPS) is 11.8. The maximum absolute atomic E-state index is 5.39. The van der Waals surface area contributed by atoms with Gasteiger partial charge >= 0.3 is 0 Å². The van der Waals surface area contributed by atoms with Gasteiger partial charge in [-0.05, 0) is 52.9 Å². The van der Waals surface area contributed by atoms with E-state index in [-0.39, 0.29) is 0 Å². The first-order valence-electron chi connectivity index (χ1n) is 17.7. The summed E-state index contributed by atoms with van der Waals surface area (Å²) in [5.74, 6) is 0.657. The smallest absolute Gasteiger partial charge is 0.235 e. The standard InChI is InChI=1S/C48H30N4/c1-2-13-31(14-3-1)32-25-27-34(28-26-32)47-38-20-6-9-21-41(38)49-48(50-47)52-44-23-11-8-19-37(44)40-29-45-39(30-46(40)52)36-18-7-10-22-43(36)51(45)42-24-12-16-33-15-4-5-17-35(33)42/h1-30H. The van der Waals surface area contributed by atoms with Crippen LogP contribution in [0.25, 0.3) is 99.3 Å². The summed E-state index contributed by atoms with van der Waals surface area (Å²) < 4.78 is 4.69. The highest BCUT2D eigenvalue weighted by atomic mass is 15.2. The highest BCUT2D eigenvalue weighted by Crippen LogP contribution is 2.41. The van der Waals surface area contributed by atoms with Crippen LogP contribution < -0.4 is 0 Å². The van der Waals surface area contributed by atoms with Crippen LogP contribution in [0.4, 0.5) is 0 Å². The topological polar surface area (TPSA) is 35.6 Å². The van der Waals surface area contributed by atoms with E-state index in [1.54, 1.807) is 0 Å². The largest absolute Gasteiger partial charge is 0.309 e. The third kappa shape index (κ3) is 4.28. The second-order valence-corrected chi connectivity index (χ2v) is 13.4. The van der Waals surface area contributed by atoms with Gasteiger partial charge in [-0.3, -0.25) is 4.57 Å². The molecule has 0 aliphatic rings. The summed E-state index contributed by atoms with van der Waals surface area (Å²) in [6, 6.07) is 64.9. The minimum absolute atomic E-state index is 0.657. The van der Waals surface area contributed by atoms with E-state index < -0.39 is 0 Å². The van der Waals surface area contributed by atoms with Crippen molar-refractivity contribution in [2.45, 2.75) is 0 Å². The Morgan fingerprint density at radius 3 is 1.62 bits per heavy atom. The van der Waals surface area contributed by atoms with Crippen LogP contribution in [0.5, 0.6) is 0 Å². The number of nitrogens with zero attached hydrogens (tertiary/aromatic N) is 4. The van der Waals surface area contributed by atoms with Gasteiger partial charge in [0.05, 0.1) is 39.0 Å². The molecule has 0 N–H and O–H groups in total. The van der Waals surface area contributed by atoms with Crippen molar-refractivity contribution in [2.75, 3.05) is 0 Å².